The van der Waals surface area contributed by atoms with Gasteiger partial charge in [0, 0.05) is 44.1 Å². The number of aromatic nitrogens is 4. The molecule has 1 amide bonds. The van der Waals surface area contributed by atoms with Crippen LogP contribution in [0.25, 0.3) is 0 Å². The van der Waals surface area contributed by atoms with Gasteiger partial charge in [-0.1, -0.05) is 24.3 Å². The Bertz CT molecular complexity index is 1120. The molecule has 1 unspecified atom stereocenters. The quantitative estimate of drug-likeness (QED) is 0.542. The maximum absolute atomic E-state index is 12.8. The molecule has 0 radical (unpaired) electrons. The molecule has 0 saturated heterocycles. The van der Waals surface area contributed by atoms with Gasteiger partial charge in [0.15, 0.2) is 0 Å². The summed E-state index contributed by atoms with van der Waals surface area (Å²) in [7, 11) is 1.61. The van der Waals surface area contributed by atoms with Crippen molar-refractivity contribution in [2.75, 3.05) is 19.0 Å². The minimum atomic E-state index is -0.0889. The number of carbonyl (C=O) groups excluding carboxylic acids is 1. The Hall–Kier alpha value is -3.26. The molecule has 0 spiro atoms. The molecule has 0 saturated carbocycles. The SMILES string of the molecule is COCCn1nc2n(c1=O)CCC(CC(=O)Nc1ccccc1CCc1ccccn1)CC2. The smallest absolute Gasteiger partial charge is 0.345 e. The Morgan fingerprint density at radius 2 is 2.00 bits per heavy atom. The van der Waals surface area contributed by atoms with Gasteiger partial charge in [0.2, 0.25) is 5.91 Å². The molecule has 2 aromatic heterocycles. The normalized spacial score (nSPS) is 15.6. The van der Waals surface area contributed by atoms with Crippen LogP contribution >= 0.6 is 0 Å². The number of anilines is 1. The number of pyridine rings is 1. The Labute approximate surface area is 193 Å². The van der Waals surface area contributed by atoms with Gasteiger partial charge in [-0.3, -0.25) is 14.3 Å². The van der Waals surface area contributed by atoms with E-state index in [1.54, 1.807) is 17.9 Å². The van der Waals surface area contributed by atoms with Crippen LogP contribution in [0.15, 0.2) is 53.5 Å². The van der Waals surface area contributed by atoms with Gasteiger partial charge in [0.05, 0.1) is 13.2 Å². The van der Waals surface area contributed by atoms with Gasteiger partial charge in [-0.05, 0) is 55.4 Å². The van der Waals surface area contributed by atoms with E-state index in [4.69, 9.17) is 4.74 Å². The second-order valence-electron chi connectivity index (χ2n) is 8.49. The van der Waals surface area contributed by atoms with E-state index in [0.29, 0.717) is 32.5 Å². The van der Waals surface area contributed by atoms with Crippen LogP contribution in [0.2, 0.25) is 0 Å². The first-order valence-corrected chi connectivity index (χ1v) is 11.6. The monoisotopic (exact) mass is 449 g/mol. The predicted octanol–water partition coefficient (Wildman–Crippen LogP) is 2.85. The van der Waals surface area contributed by atoms with Crippen LogP contribution in [-0.2, 0) is 41.9 Å². The first-order valence-electron chi connectivity index (χ1n) is 11.6. The highest BCUT2D eigenvalue weighted by molar-refractivity contribution is 5.91. The van der Waals surface area contributed by atoms with Crippen LogP contribution in [0, 0.1) is 5.92 Å². The molecule has 8 heteroatoms. The first-order chi connectivity index (χ1) is 16.1. The number of rotatable bonds is 9. The van der Waals surface area contributed by atoms with Crippen molar-refractivity contribution in [1.82, 2.24) is 19.3 Å². The number of amides is 1. The Kier molecular flexibility index (Phi) is 7.67. The summed E-state index contributed by atoms with van der Waals surface area (Å²) in [4.78, 5) is 29.8. The maximum Gasteiger partial charge on any atom is 0.345 e. The average Bonchev–Trinajstić information content (AvgIpc) is 2.99. The van der Waals surface area contributed by atoms with Crippen LogP contribution in [0.1, 0.15) is 36.3 Å². The molecule has 0 aliphatic carbocycles. The van der Waals surface area contributed by atoms with Crippen molar-refractivity contribution in [2.45, 2.75) is 51.6 Å². The van der Waals surface area contributed by atoms with Crippen molar-refractivity contribution in [3.63, 3.8) is 0 Å². The van der Waals surface area contributed by atoms with Gasteiger partial charge >= 0.3 is 5.69 Å². The summed E-state index contributed by atoms with van der Waals surface area (Å²) < 4.78 is 8.29. The topological polar surface area (TPSA) is 91.0 Å². The van der Waals surface area contributed by atoms with Gasteiger partial charge in [0.25, 0.3) is 0 Å². The van der Waals surface area contributed by atoms with Crippen LogP contribution < -0.4 is 11.0 Å². The van der Waals surface area contributed by atoms with Crippen LogP contribution in [0.4, 0.5) is 5.69 Å². The molecule has 1 aliphatic rings. The molecule has 0 fully saturated rings. The third-order valence-corrected chi connectivity index (χ3v) is 6.19. The number of nitrogens with one attached hydrogen (secondary N) is 1. The van der Waals surface area contributed by atoms with Gasteiger partial charge < -0.3 is 10.1 Å². The van der Waals surface area contributed by atoms with E-state index in [-0.39, 0.29) is 17.5 Å². The summed E-state index contributed by atoms with van der Waals surface area (Å²) in [5.41, 5.74) is 2.92. The highest BCUT2D eigenvalue weighted by atomic mass is 16.5. The Morgan fingerprint density at radius 1 is 1.15 bits per heavy atom. The maximum atomic E-state index is 12.8. The number of aryl methyl sites for hydroxylation is 3. The number of methoxy groups -OCH3 is 1. The summed E-state index contributed by atoms with van der Waals surface area (Å²) in [6.45, 7) is 1.52. The summed E-state index contributed by atoms with van der Waals surface area (Å²) in [5, 5.41) is 7.58. The molecule has 174 valence electrons. The lowest BCUT2D eigenvalue weighted by Crippen LogP contribution is -2.27. The molecule has 1 aromatic carbocycles. The molecule has 4 rings (SSSR count). The molecule has 1 atom stereocenters. The highest BCUT2D eigenvalue weighted by Crippen LogP contribution is 2.23. The fourth-order valence-corrected chi connectivity index (χ4v) is 4.34. The van der Waals surface area contributed by atoms with Crippen molar-refractivity contribution in [2.24, 2.45) is 5.92 Å². The largest absolute Gasteiger partial charge is 0.383 e. The van der Waals surface area contributed by atoms with E-state index < -0.39 is 0 Å². The minimum absolute atomic E-state index is 0.0160. The zero-order chi connectivity index (χ0) is 23.0. The molecule has 0 bridgehead atoms. The number of para-hydroxylation sites is 1. The summed E-state index contributed by atoms with van der Waals surface area (Å²) in [5.74, 6) is 1.04. The van der Waals surface area contributed by atoms with E-state index in [2.05, 4.69) is 21.5 Å². The number of ether oxygens (including phenoxy) is 1. The number of fused-ring (bicyclic) bond motifs is 1. The van der Waals surface area contributed by atoms with Gasteiger partial charge in [0.1, 0.15) is 5.82 Å². The van der Waals surface area contributed by atoms with Gasteiger partial charge in [-0.2, -0.15) is 5.10 Å². The lowest BCUT2D eigenvalue weighted by Gasteiger charge is -2.15. The molecule has 3 aromatic rings. The molecular weight excluding hydrogens is 418 g/mol. The minimum Gasteiger partial charge on any atom is -0.383 e. The standard InChI is InChI=1S/C25H31N5O3/c1-33-17-16-30-25(32)29-15-13-19(9-12-23(29)28-30)18-24(31)27-22-8-3-2-6-20(22)10-11-21-7-4-5-14-26-21/h2-8,14,19H,9-13,15-18H2,1H3,(H,27,31). The molecule has 8 nitrogen and oxygen atoms in total. The molecule has 1 N–H and O–H groups in total. The molecule has 1 aliphatic heterocycles. The van der Waals surface area contributed by atoms with Crippen molar-refractivity contribution in [1.29, 1.82) is 0 Å². The predicted molar refractivity (Wildman–Crippen MR) is 126 cm³/mol. The van der Waals surface area contributed by atoms with E-state index >= 15 is 0 Å². The third kappa shape index (κ3) is 5.96. The van der Waals surface area contributed by atoms with E-state index in [9.17, 15) is 9.59 Å². The van der Waals surface area contributed by atoms with E-state index in [1.165, 1.54) is 4.68 Å². The Morgan fingerprint density at radius 3 is 2.82 bits per heavy atom. The highest BCUT2D eigenvalue weighted by Gasteiger charge is 2.23. The molecule has 3 heterocycles. The summed E-state index contributed by atoms with van der Waals surface area (Å²) in [6, 6.07) is 13.9. The van der Waals surface area contributed by atoms with Gasteiger partial charge in [-0.25, -0.2) is 9.48 Å². The Balaban J connectivity index is 1.32. The lowest BCUT2D eigenvalue weighted by atomic mass is 9.96. The van der Waals surface area contributed by atoms with Crippen molar-refractivity contribution in [3.8, 4) is 0 Å². The number of carbonyl (C=O) groups is 1. The zero-order valence-corrected chi connectivity index (χ0v) is 19.1. The van der Waals surface area contributed by atoms with E-state index in [0.717, 1.165) is 48.5 Å². The molecule has 33 heavy (non-hydrogen) atoms. The summed E-state index contributed by atoms with van der Waals surface area (Å²) >= 11 is 0. The van der Waals surface area contributed by atoms with Crippen molar-refractivity contribution < 1.29 is 9.53 Å². The van der Waals surface area contributed by atoms with Gasteiger partial charge in [-0.15, -0.1) is 0 Å². The fourth-order valence-electron chi connectivity index (χ4n) is 4.34. The zero-order valence-electron chi connectivity index (χ0n) is 19.1. The lowest BCUT2D eigenvalue weighted by molar-refractivity contribution is -0.117. The average molecular weight is 450 g/mol. The van der Waals surface area contributed by atoms with E-state index in [1.807, 2.05) is 36.4 Å². The van der Waals surface area contributed by atoms with Crippen LogP contribution in [0.3, 0.4) is 0 Å². The van der Waals surface area contributed by atoms with Crippen LogP contribution in [0.5, 0.6) is 0 Å². The number of hydrogen-bond donors (Lipinski definition) is 1. The van der Waals surface area contributed by atoms with Crippen molar-refractivity contribution in [3.05, 3.63) is 76.2 Å². The first kappa shape index (κ1) is 22.9. The third-order valence-electron chi connectivity index (χ3n) is 6.19. The van der Waals surface area contributed by atoms with Crippen LogP contribution in [-0.4, -0.2) is 39.0 Å². The number of nitrogens with zero attached hydrogens (tertiary/aromatic N) is 4. The summed E-state index contributed by atoms with van der Waals surface area (Å²) in [6.07, 6.45) is 6.21. The second kappa shape index (κ2) is 11.0. The van der Waals surface area contributed by atoms with Crippen molar-refractivity contribution >= 4 is 11.6 Å². The number of benzene rings is 1. The second-order valence-corrected chi connectivity index (χ2v) is 8.49. The number of hydrogen-bond acceptors (Lipinski definition) is 5. The molecular formula is C25H31N5O3. The fraction of sp³-hybridized carbons (Fsp3) is 0.440.